The first-order valence-corrected chi connectivity index (χ1v) is 5.23. The minimum absolute atomic E-state index is 0. The molecule has 0 saturated carbocycles. The molecule has 0 radical (unpaired) electrons. The Bertz CT molecular complexity index is 346. The van der Waals surface area contributed by atoms with E-state index in [0.717, 1.165) is 22.2 Å². The first-order chi connectivity index (χ1) is 6.18. The van der Waals surface area contributed by atoms with Gasteiger partial charge in [0, 0.05) is 22.5 Å². The highest BCUT2D eigenvalue weighted by Crippen LogP contribution is 2.38. The summed E-state index contributed by atoms with van der Waals surface area (Å²) in [5.41, 5.74) is 6.92. The van der Waals surface area contributed by atoms with Crippen LogP contribution in [-0.4, -0.2) is 6.61 Å². The molecule has 1 heterocycles. The molecule has 2 nitrogen and oxygen atoms in total. The highest BCUT2D eigenvalue weighted by atomic mass is 79.9. The second-order valence-corrected chi connectivity index (χ2v) is 4.37. The van der Waals surface area contributed by atoms with Crippen LogP contribution in [0.25, 0.3) is 0 Å². The number of nitrogens with two attached hydrogens (primary N) is 1. The normalized spacial score (nSPS) is 19.2. The molecule has 0 saturated heterocycles. The molecule has 0 aromatic heterocycles. The second-order valence-electron chi connectivity index (χ2n) is 3.05. The molecular formula is C9H10BrCl2NO. The lowest BCUT2D eigenvalue weighted by Crippen LogP contribution is -2.20. The van der Waals surface area contributed by atoms with Gasteiger partial charge in [-0.3, -0.25) is 0 Å². The molecule has 0 spiro atoms. The number of benzene rings is 1. The number of rotatable bonds is 0. The molecule has 2 rings (SSSR count). The number of ether oxygens (including phenoxy) is 1. The van der Waals surface area contributed by atoms with Crippen LogP contribution in [0.2, 0.25) is 5.02 Å². The van der Waals surface area contributed by atoms with Crippen LogP contribution in [0, 0.1) is 0 Å². The Morgan fingerprint density at radius 1 is 1.50 bits per heavy atom. The summed E-state index contributed by atoms with van der Waals surface area (Å²) >= 11 is 9.38. The van der Waals surface area contributed by atoms with Gasteiger partial charge in [-0.05, 0) is 12.1 Å². The monoisotopic (exact) mass is 297 g/mol. The summed E-state index contributed by atoms with van der Waals surface area (Å²) in [7, 11) is 0. The summed E-state index contributed by atoms with van der Waals surface area (Å²) in [6.45, 7) is 0.648. The van der Waals surface area contributed by atoms with Gasteiger partial charge in [-0.2, -0.15) is 0 Å². The molecule has 78 valence electrons. The highest BCUT2D eigenvalue weighted by molar-refractivity contribution is 9.10. The van der Waals surface area contributed by atoms with Gasteiger partial charge < -0.3 is 10.5 Å². The van der Waals surface area contributed by atoms with Crippen molar-refractivity contribution in [1.29, 1.82) is 0 Å². The lowest BCUT2D eigenvalue weighted by Gasteiger charge is -2.23. The van der Waals surface area contributed by atoms with Gasteiger partial charge in [0.15, 0.2) is 0 Å². The maximum absolute atomic E-state index is 6.00. The first kappa shape index (κ1) is 12.1. The number of halogens is 3. The predicted molar refractivity (Wildman–Crippen MR) is 63.4 cm³/mol. The standard InChI is InChI=1S/C9H9BrClNO.ClH/c10-5-3-6-8(12)1-2-13-9(6)7(11)4-5;/h3-4,8H,1-2,12H2;1H/t8-;/m1./s1. The van der Waals surface area contributed by atoms with Gasteiger partial charge in [-0.1, -0.05) is 27.5 Å². The third-order valence-electron chi connectivity index (χ3n) is 2.11. The second kappa shape index (κ2) is 4.71. The van der Waals surface area contributed by atoms with Gasteiger partial charge >= 0.3 is 0 Å². The van der Waals surface area contributed by atoms with Crippen LogP contribution in [0.1, 0.15) is 18.0 Å². The fourth-order valence-corrected chi connectivity index (χ4v) is 2.34. The van der Waals surface area contributed by atoms with E-state index in [4.69, 9.17) is 22.1 Å². The summed E-state index contributed by atoms with van der Waals surface area (Å²) in [6.07, 6.45) is 0.847. The molecule has 0 unspecified atom stereocenters. The van der Waals surface area contributed by atoms with Crippen LogP contribution in [0.3, 0.4) is 0 Å². The molecule has 0 amide bonds. The minimum Gasteiger partial charge on any atom is -0.492 e. The van der Waals surface area contributed by atoms with E-state index >= 15 is 0 Å². The maximum atomic E-state index is 6.00. The van der Waals surface area contributed by atoms with E-state index < -0.39 is 0 Å². The lowest BCUT2D eigenvalue weighted by molar-refractivity contribution is 0.269. The topological polar surface area (TPSA) is 35.2 Å². The van der Waals surface area contributed by atoms with Gasteiger partial charge in [0.05, 0.1) is 11.6 Å². The SMILES string of the molecule is Cl.N[C@@H]1CCOc2c(Cl)cc(Br)cc21. The Kier molecular flexibility index (Phi) is 4.07. The van der Waals surface area contributed by atoms with Crippen molar-refractivity contribution in [3.05, 3.63) is 27.2 Å². The average Bonchev–Trinajstić information content (AvgIpc) is 2.07. The van der Waals surface area contributed by atoms with Crippen LogP contribution in [0.15, 0.2) is 16.6 Å². The zero-order chi connectivity index (χ0) is 9.42. The van der Waals surface area contributed by atoms with Gasteiger partial charge in [0.2, 0.25) is 0 Å². The maximum Gasteiger partial charge on any atom is 0.142 e. The zero-order valence-electron chi connectivity index (χ0n) is 7.30. The summed E-state index contributed by atoms with van der Waals surface area (Å²) in [4.78, 5) is 0. The van der Waals surface area contributed by atoms with E-state index in [-0.39, 0.29) is 18.4 Å². The molecule has 5 heteroatoms. The Labute approximate surface area is 102 Å². The Hall–Kier alpha value is 0.0400. The Morgan fingerprint density at radius 3 is 2.93 bits per heavy atom. The van der Waals surface area contributed by atoms with Crippen LogP contribution in [-0.2, 0) is 0 Å². The van der Waals surface area contributed by atoms with Gasteiger partial charge in [0.1, 0.15) is 5.75 Å². The van der Waals surface area contributed by atoms with Crippen molar-refractivity contribution < 1.29 is 4.74 Å². The van der Waals surface area contributed by atoms with Crippen LogP contribution in [0.4, 0.5) is 0 Å². The van der Waals surface area contributed by atoms with Crippen molar-refractivity contribution >= 4 is 39.9 Å². The third-order valence-corrected chi connectivity index (χ3v) is 2.85. The molecule has 0 aliphatic carbocycles. The van der Waals surface area contributed by atoms with Gasteiger partial charge in [-0.25, -0.2) is 0 Å². The average molecular weight is 299 g/mol. The predicted octanol–water partition coefficient (Wildman–Crippen LogP) is 3.31. The summed E-state index contributed by atoms with van der Waals surface area (Å²) in [5.74, 6) is 0.739. The van der Waals surface area contributed by atoms with Crippen molar-refractivity contribution in [2.45, 2.75) is 12.5 Å². The molecule has 14 heavy (non-hydrogen) atoms. The van der Waals surface area contributed by atoms with Crippen LogP contribution < -0.4 is 10.5 Å². The van der Waals surface area contributed by atoms with E-state index in [1.54, 1.807) is 0 Å². The minimum atomic E-state index is 0. The van der Waals surface area contributed by atoms with Crippen molar-refractivity contribution in [3.8, 4) is 5.75 Å². The quantitative estimate of drug-likeness (QED) is 0.797. The molecule has 1 aliphatic rings. The third kappa shape index (κ3) is 2.16. The van der Waals surface area contributed by atoms with E-state index in [9.17, 15) is 0 Å². The van der Waals surface area contributed by atoms with Crippen molar-refractivity contribution in [2.24, 2.45) is 5.73 Å². The zero-order valence-corrected chi connectivity index (χ0v) is 10.5. The van der Waals surface area contributed by atoms with E-state index in [1.807, 2.05) is 12.1 Å². The Balaban J connectivity index is 0.000000980. The number of hydrogen-bond donors (Lipinski definition) is 1. The van der Waals surface area contributed by atoms with Gasteiger partial charge in [-0.15, -0.1) is 12.4 Å². The molecule has 2 N–H and O–H groups in total. The van der Waals surface area contributed by atoms with E-state index in [1.165, 1.54) is 0 Å². The van der Waals surface area contributed by atoms with Crippen molar-refractivity contribution in [2.75, 3.05) is 6.61 Å². The summed E-state index contributed by atoms with van der Waals surface area (Å²) in [6, 6.07) is 3.82. The molecule has 1 aromatic rings. The fraction of sp³-hybridized carbons (Fsp3) is 0.333. The van der Waals surface area contributed by atoms with Crippen LogP contribution >= 0.6 is 39.9 Å². The smallest absolute Gasteiger partial charge is 0.142 e. The fourth-order valence-electron chi connectivity index (χ4n) is 1.45. The first-order valence-electron chi connectivity index (χ1n) is 4.06. The van der Waals surface area contributed by atoms with E-state index in [0.29, 0.717) is 11.6 Å². The molecule has 1 aromatic carbocycles. The molecular weight excluding hydrogens is 289 g/mol. The van der Waals surface area contributed by atoms with Crippen molar-refractivity contribution in [3.63, 3.8) is 0 Å². The number of fused-ring (bicyclic) bond motifs is 1. The number of hydrogen-bond acceptors (Lipinski definition) is 2. The molecule has 0 bridgehead atoms. The largest absolute Gasteiger partial charge is 0.492 e. The molecule has 1 aliphatic heterocycles. The van der Waals surface area contributed by atoms with Crippen LogP contribution in [0.5, 0.6) is 5.75 Å². The Morgan fingerprint density at radius 2 is 2.21 bits per heavy atom. The van der Waals surface area contributed by atoms with Crippen molar-refractivity contribution in [1.82, 2.24) is 0 Å². The van der Waals surface area contributed by atoms with Gasteiger partial charge in [0.25, 0.3) is 0 Å². The summed E-state index contributed by atoms with van der Waals surface area (Å²) < 4.78 is 6.39. The molecule has 0 fully saturated rings. The molecule has 1 atom stereocenters. The summed E-state index contributed by atoms with van der Waals surface area (Å²) in [5, 5.41) is 0.625. The lowest BCUT2D eigenvalue weighted by atomic mass is 10.0. The van der Waals surface area contributed by atoms with E-state index in [2.05, 4.69) is 15.9 Å². The highest BCUT2D eigenvalue weighted by Gasteiger charge is 2.20.